The minimum absolute atomic E-state index is 0.924. The van der Waals surface area contributed by atoms with Crippen molar-refractivity contribution in [3.8, 4) is 0 Å². The molecule has 0 aliphatic heterocycles. The zero-order valence-electron chi connectivity index (χ0n) is 6.08. The average Bonchev–Trinajstić information content (AvgIpc) is 1.87. The first-order valence-corrected chi connectivity index (χ1v) is 3.78. The SMILES string of the molecule is O/N=C1\CC/C=C/CCC1. The number of hydrogen-bond acceptors (Lipinski definition) is 2. The maximum Gasteiger partial charge on any atom is 0.0574 e. The van der Waals surface area contributed by atoms with Crippen molar-refractivity contribution in [2.24, 2.45) is 5.16 Å². The van der Waals surface area contributed by atoms with Crippen molar-refractivity contribution < 1.29 is 5.21 Å². The van der Waals surface area contributed by atoms with Gasteiger partial charge >= 0.3 is 0 Å². The molecule has 2 nitrogen and oxygen atoms in total. The van der Waals surface area contributed by atoms with Crippen molar-refractivity contribution >= 4 is 5.71 Å². The van der Waals surface area contributed by atoms with Crippen molar-refractivity contribution in [3.05, 3.63) is 12.2 Å². The van der Waals surface area contributed by atoms with E-state index in [9.17, 15) is 0 Å². The van der Waals surface area contributed by atoms with Crippen LogP contribution in [-0.4, -0.2) is 10.9 Å². The number of rotatable bonds is 0. The first kappa shape index (κ1) is 7.32. The third-order valence-electron chi connectivity index (χ3n) is 1.74. The Morgan fingerprint density at radius 3 is 2.80 bits per heavy atom. The van der Waals surface area contributed by atoms with Gasteiger partial charge in [0.15, 0.2) is 0 Å². The summed E-state index contributed by atoms with van der Waals surface area (Å²) in [6, 6.07) is 0. The van der Waals surface area contributed by atoms with E-state index in [-0.39, 0.29) is 0 Å². The van der Waals surface area contributed by atoms with Crippen LogP contribution in [0.2, 0.25) is 0 Å². The second-order valence-corrected chi connectivity index (χ2v) is 2.57. The molecule has 0 aromatic heterocycles. The Morgan fingerprint density at radius 1 is 1.20 bits per heavy atom. The van der Waals surface area contributed by atoms with Crippen molar-refractivity contribution in [1.82, 2.24) is 0 Å². The zero-order valence-corrected chi connectivity index (χ0v) is 6.08. The lowest BCUT2D eigenvalue weighted by Gasteiger charge is -2.03. The van der Waals surface area contributed by atoms with Gasteiger partial charge in [0.1, 0.15) is 0 Å². The molecular weight excluding hydrogens is 126 g/mol. The Labute approximate surface area is 61.2 Å². The highest BCUT2D eigenvalue weighted by Gasteiger charge is 2.00. The lowest BCUT2D eigenvalue weighted by molar-refractivity contribution is 0.316. The molecule has 0 unspecified atom stereocenters. The van der Waals surface area contributed by atoms with Crippen LogP contribution in [0.5, 0.6) is 0 Å². The van der Waals surface area contributed by atoms with Gasteiger partial charge in [0.25, 0.3) is 0 Å². The summed E-state index contributed by atoms with van der Waals surface area (Å²) in [6.45, 7) is 0. The van der Waals surface area contributed by atoms with E-state index in [0.717, 1.165) is 37.8 Å². The van der Waals surface area contributed by atoms with Crippen LogP contribution in [0.1, 0.15) is 32.1 Å². The van der Waals surface area contributed by atoms with Gasteiger partial charge in [-0.05, 0) is 32.1 Å². The molecule has 0 heterocycles. The first-order chi connectivity index (χ1) is 4.93. The third kappa shape index (κ3) is 2.21. The summed E-state index contributed by atoms with van der Waals surface area (Å²) in [5, 5.41) is 11.7. The van der Waals surface area contributed by atoms with Crippen molar-refractivity contribution in [2.45, 2.75) is 32.1 Å². The molecule has 0 amide bonds. The van der Waals surface area contributed by atoms with Crippen molar-refractivity contribution in [1.29, 1.82) is 0 Å². The molecule has 0 spiro atoms. The van der Waals surface area contributed by atoms with Crippen LogP contribution in [-0.2, 0) is 0 Å². The van der Waals surface area contributed by atoms with Gasteiger partial charge in [0.2, 0.25) is 0 Å². The number of hydrogen-bond donors (Lipinski definition) is 1. The molecule has 56 valence electrons. The second-order valence-electron chi connectivity index (χ2n) is 2.57. The van der Waals surface area contributed by atoms with Crippen LogP contribution in [0.25, 0.3) is 0 Å². The summed E-state index contributed by atoms with van der Waals surface area (Å²) in [7, 11) is 0. The highest BCUT2D eigenvalue weighted by atomic mass is 16.4. The van der Waals surface area contributed by atoms with Crippen molar-refractivity contribution in [3.63, 3.8) is 0 Å². The predicted molar refractivity (Wildman–Crippen MR) is 41.4 cm³/mol. The molecule has 0 saturated heterocycles. The van der Waals surface area contributed by atoms with E-state index in [1.807, 2.05) is 0 Å². The fourth-order valence-electron chi connectivity index (χ4n) is 1.13. The maximum absolute atomic E-state index is 8.47. The smallest absolute Gasteiger partial charge is 0.0574 e. The molecular formula is C8H13NO. The highest BCUT2D eigenvalue weighted by Crippen LogP contribution is 2.08. The summed E-state index contributed by atoms with van der Waals surface area (Å²) in [4.78, 5) is 0. The highest BCUT2D eigenvalue weighted by molar-refractivity contribution is 5.84. The molecule has 1 aliphatic rings. The maximum atomic E-state index is 8.47. The lowest BCUT2D eigenvalue weighted by Crippen LogP contribution is -1.99. The molecule has 0 aromatic rings. The van der Waals surface area contributed by atoms with Gasteiger partial charge in [-0.15, -0.1) is 0 Å². The number of nitrogens with zero attached hydrogens (tertiary/aromatic N) is 1. The summed E-state index contributed by atoms with van der Waals surface area (Å²) in [5.41, 5.74) is 0.948. The largest absolute Gasteiger partial charge is 0.411 e. The first-order valence-electron chi connectivity index (χ1n) is 3.78. The standard InChI is InChI=1S/C8H13NO/c10-9-8-6-4-2-1-3-5-7-8/h1-2,10H,3-7H2/b2-1+,9-8+. The van der Waals surface area contributed by atoms with E-state index in [0.29, 0.717) is 0 Å². The van der Waals surface area contributed by atoms with E-state index in [4.69, 9.17) is 5.21 Å². The van der Waals surface area contributed by atoms with Gasteiger partial charge in [-0.25, -0.2) is 0 Å². The predicted octanol–water partition coefficient (Wildman–Crippen LogP) is 2.34. The summed E-state index contributed by atoms with van der Waals surface area (Å²) >= 11 is 0. The van der Waals surface area contributed by atoms with Crippen LogP contribution in [0.3, 0.4) is 0 Å². The topological polar surface area (TPSA) is 32.6 Å². The minimum atomic E-state index is 0.924. The third-order valence-corrected chi connectivity index (χ3v) is 1.74. The van der Waals surface area contributed by atoms with Crippen LogP contribution < -0.4 is 0 Å². The van der Waals surface area contributed by atoms with Crippen LogP contribution in [0.4, 0.5) is 0 Å². The molecule has 0 saturated carbocycles. The minimum Gasteiger partial charge on any atom is -0.411 e. The lowest BCUT2D eigenvalue weighted by atomic mass is 10.0. The van der Waals surface area contributed by atoms with Crippen LogP contribution >= 0.6 is 0 Å². The Balaban J connectivity index is 2.42. The molecule has 1 aliphatic carbocycles. The monoisotopic (exact) mass is 139 g/mol. The Bertz CT molecular complexity index is 149. The number of allylic oxidation sites excluding steroid dienone is 2. The molecule has 0 radical (unpaired) electrons. The van der Waals surface area contributed by atoms with Gasteiger partial charge in [0, 0.05) is 0 Å². The Morgan fingerprint density at radius 2 is 2.00 bits per heavy atom. The molecule has 1 rings (SSSR count). The van der Waals surface area contributed by atoms with Gasteiger partial charge in [-0.2, -0.15) is 0 Å². The van der Waals surface area contributed by atoms with Gasteiger partial charge in [0.05, 0.1) is 5.71 Å². The van der Waals surface area contributed by atoms with E-state index < -0.39 is 0 Å². The quantitative estimate of drug-likeness (QED) is 0.312. The summed E-state index contributed by atoms with van der Waals surface area (Å²) in [5.74, 6) is 0. The zero-order chi connectivity index (χ0) is 7.23. The normalized spacial score (nSPS) is 27.4. The fraction of sp³-hybridized carbons (Fsp3) is 0.625. The fourth-order valence-corrected chi connectivity index (χ4v) is 1.13. The second kappa shape index (κ2) is 4.09. The van der Waals surface area contributed by atoms with E-state index in [2.05, 4.69) is 17.3 Å². The number of oxime groups is 1. The van der Waals surface area contributed by atoms with Gasteiger partial charge in [-0.3, -0.25) is 0 Å². The summed E-state index contributed by atoms with van der Waals surface area (Å²) < 4.78 is 0. The van der Waals surface area contributed by atoms with E-state index >= 15 is 0 Å². The molecule has 0 aromatic carbocycles. The van der Waals surface area contributed by atoms with Crippen molar-refractivity contribution in [2.75, 3.05) is 0 Å². The Hall–Kier alpha value is -0.790. The molecule has 0 bridgehead atoms. The molecule has 10 heavy (non-hydrogen) atoms. The van der Waals surface area contributed by atoms with Gasteiger partial charge in [-0.1, -0.05) is 17.3 Å². The van der Waals surface area contributed by atoms with E-state index in [1.165, 1.54) is 0 Å². The molecule has 2 heteroatoms. The molecule has 1 N–H and O–H groups in total. The molecule has 0 atom stereocenters. The summed E-state index contributed by atoms with van der Waals surface area (Å²) in [6.07, 6.45) is 9.51. The van der Waals surface area contributed by atoms with Gasteiger partial charge < -0.3 is 5.21 Å². The average molecular weight is 139 g/mol. The van der Waals surface area contributed by atoms with Crippen LogP contribution in [0, 0.1) is 0 Å². The molecule has 0 fully saturated rings. The Kier molecular flexibility index (Phi) is 3.00. The van der Waals surface area contributed by atoms with E-state index in [1.54, 1.807) is 0 Å². The van der Waals surface area contributed by atoms with Crippen LogP contribution in [0.15, 0.2) is 17.3 Å².